The molecule has 0 aliphatic heterocycles. The first-order chi connectivity index (χ1) is 13.1. The molecular formula is C16H12N6O2S3. The van der Waals surface area contributed by atoms with E-state index in [2.05, 4.69) is 29.8 Å². The number of anilines is 4. The molecule has 136 valence electrons. The molecule has 0 fully saturated rings. The summed E-state index contributed by atoms with van der Waals surface area (Å²) in [6.45, 7) is 0. The molecule has 27 heavy (non-hydrogen) atoms. The van der Waals surface area contributed by atoms with Gasteiger partial charge < -0.3 is 10.6 Å². The third-order valence-corrected chi connectivity index (χ3v) is 6.53. The van der Waals surface area contributed by atoms with Gasteiger partial charge in [0, 0.05) is 34.4 Å². The molecule has 0 aliphatic carbocycles. The van der Waals surface area contributed by atoms with Crippen LogP contribution in [0.15, 0.2) is 70.7 Å². The minimum absolute atomic E-state index is 0.225. The second kappa shape index (κ2) is 7.39. The number of sulfone groups is 1. The van der Waals surface area contributed by atoms with E-state index in [0.29, 0.717) is 0 Å². The Bertz CT molecular complexity index is 1020. The Labute approximate surface area is 163 Å². The fourth-order valence-corrected chi connectivity index (χ4v) is 4.44. The lowest BCUT2D eigenvalue weighted by Crippen LogP contribution is -2.02. The van der Waals surface area contributed by atoms with Crippen LogP contribution < -0.4 is 10.6 Å². The van der Waals surface area contributed by atoms with Crippen molar-refractivity contribution in [2.75, 3.05) is 10.6 Å². The summed E-state index contributed by atoms with van der Waals surface area (Å²) in [4.78, 5) is 0.450. The van der Waals surface area contributed by atoms with Crippen LogP contribution in [0.3, 0.4) is 0 Å². The summed E-state index contributed by atoms with van der Waals surface area (Å²) in [6.07, 6.45) is 3.21. The molecule has 2 aromatic heterocycles. The maximum Gasteiger partial charge on any atom is 0.206 e. The third-order valence-electron chi connectivity index (χ3n) is 3.59. The van der Waals surface area contributed by atoms with Crippen LogP contribution >= 0.6 is 23.1 Å². The fourth-order valence-electron chi connectivity index (χ4n) is 2.30. The maximum atomic E-state index is 12.8. The second-order valence-electron chi connectivity index (χ2n) is 5.37. The van der Waals surface area contributed by atoms with Crippen molar-refractivity contribution in [3.8, 4) is 0 Å². The second-order valence-corrected chi connectivity index (χ2v) is 8.89. The number of rotatable bonds is 6. The van der Waals surface area contributed by atoms with Crippen LogP contribution in [0.4, 0.5) is 21.4 Å². The van der Waals surface area contributed by atoms with E-state index < -0.39 is 9.84 Å². The smallest absolute Gasteiger partial charge is 0.206 e. The van der Waals surface area contributed by atoms with Crippen molar-refractivity contribution < 1.29 is 8.42 Å². The largest absolute Gasteiger partial charge is 0.345 e. The van der Waals surface area contributed by atoms with Crippen molar-refractivity contribution >= 4 is 54.3 Å². The lowest BCUT2D eigenvalue weighted by atomic mass is 10.3. The number of hydrogen-bond donors (Lipinski definition) is 2. The van der Waals surface area contributed by atoms with E-state index in [1.807, 2.05) is 0 Å². The molecule has 0 radical (unpaired) electrons. The summed E-state index contributed by atoms with van der Waals surface area (Å²) >= 11 is 2.45. The molecule has 4 rings (SSSR count). The van der Waals surface area contributed by atoms with Crippen LogP contribution in [-0.4, -0.2) is 27.6 Å². The molecule has 2 N–H and O–H groups in total. The number of benzene rings is 2. The Morgan fingerprint density at radius 2 is 1.07 bits per heavy atom. The van der Waals surface area contributed by atoms with Crippen molar-refractivity contribution in [2.24, 2.45) is 0 Å². The predicted octanol–water partition coefficient (Wildman–Crippen LogP) is 3.71. The Morgan fingerprint density at radius 1 is 0.667 bits per heavy atom. The van der Waals surface area contributed by atoms with Gasteiger partial charge >= 0.3 is 0 Å². The summed E-state index contributed by atoms with van der Waals surface area (Å²) in [5.41, 5.74) is 1.52. The molecular weight excluding hydrogens is 404 g/mol. The van der Waals surface area contributed by atoms with Gasteiger partial charge in [-0.25, -0.2) is 8.42 Å². The van der Waals surface area contributed by atoms with Crippen LogP contribution in [-0.2, 0) is 9.84 Å². The van der Waals surface area contributed by atoms with Crippen molar-refractivity contribution in [2.45, 2.75) is 9.79 Å². The molecule has 8 nitrogen and oxygen atoms in total. The predicted molar refractivity (Wildman–Crippen MR) is 105 cm³/mol. The molecule has 4 aromatic rings. The highest BCUT2D eigenvalue weighted by molar-refractivity contribution is 7.91. The highest BCUT2D eigenvalue weighted by Crippen LogP contribution is 2.26. The van der Waals surface area contributed by atoms with E-state index >= 15 is 0 Å². The standard InChI is InChI=1S/C16H12N6O2S3/c23-27(24,13-5-1-11(2-6-13)19-15-9-17-21-25-15)14-7-3-12(4-8-14)20-16-10-18-22-26-16/h1-10,19-20H. The lowest BCUT2D eigenvalue weighted by Gasteiger charge is -2.08. The summed E-state index contributed by atoms with van der Waals surface area (Å²) < 4.78 is 33.2. The molecule has 0 saturated carbocycles. The first-order valence-electron chi connectivity index (χ1n) is 7.65. The van der Waals surface area contributed by atoms with Gasteiger partial charge in [0.2, 0.25) is 9.84 Å². The van der Waals surface area contributed by atoms with Crippen LogP contribution in [0.5, 0.6) is 0 Å². The highest BCUT2D eigenvalue weighted by Gasteiger charge is 2.17. The monoisotopic (exact) mass is 416 g/mol. The first kappa shape index (κ1) is 17.5. The topological polar surface area (TPSA) is 110 Å². The number of nitrogens with one attached hydrogen (secondary N) is 2. The quantitative estimate of drug-likeness (QED) is 0.489. The zero-order valence-corrected chi connectivity index (χ0v) is 16.1. The average molecular weight is 417 g/mol. The number of nitrogens with zero attached hydrogens (tertiary/aromatic N) is 4. The van der Waals surface area contributed by atoms with Crippen LogP contribution in [0, 0.1) is 0 Å². The highest BCUT2D eigenvalue weighted by atomic mass is 32.2. The normalized spacial score (nSPS) is 11.3. The van der Waals surface area contributed by atoms with Gasteiger partial charge in [-0.2, -0.15) is 0 Å². The zero-order chi connectivity index (χ0) is 18.7. The van der Waals surface area contributed by atoms with E-state index in [1.54, 1.807) is 60.9 Å². The van der Waals surface area contributed by atoms with Crippen molar-refractivity contribution in [1.29, 1.82) is 0 Å². The van der Waals surface area contributed by atoms with Crippen molar-refractivity contribution in [1.82, 2.24) is 19.2 Å². The molecule has 0 amide bonds. The molecule has 0 saturated heterocycles. The van der Waals surface area contributed by atoms with Gasteiger partial charge in [-0.1, -0.05) is 8.98 Å². The van der Waals surface area contributed by atoms with Gasteiger partial charge in [0.1, 0.15) is 10.0 Å². The van der Waals surface area contributed by atoms with E-state index in [1.165, 1.54) is 23.1 Å². The fraction of sp³-hybridized carbons (Fsp3) is 0. The van der Waals surface area contributed by atoms with Crippen molar-refractivity contribution in [3.63, 3.8) is 0 Å². The van der Waals surface area contributed by atoms with Gasteiger partial charge in [-0.05, 0) is 48.5 Å². The SMILES string of the molecule is O=S(=O)(c1ccc(Nc2cnns2)cc1)c1ccc(Nc2cnns2)cc1. The average Bonchev–Trinajstić information content (AvgIpc) is 3.37. The van der Waals surface area contributed by atoms with E-state index in [-0.39, 0.29) is 9.79 Å². The van der Waals surface area contributed by atoms with Gasteiger partial charge in [-0.3, -0.25) is 0 Å². The van der Waals surface area contributed by atoms with Gasteiger partial charge in [-0.15, -0.1) is 10.2 Å². The summed E-state index contributed by atoms with van der Waals surface area (Å²) in [7, 11) is -3.60. The van der Waals surface area contributed by atoms with Gasteiger partial charge in [0.05, 0.1) is 22.2 Å². The van der Waals surface area contributed by atoms with E-state index in [0.717, 1.165) is 21.4 Å². The Hall–Kier alpha value is -2.89. The molecule has 11 heteroatoms. The zero-order valence-electron chi connectivity index (χ0n) is 13.6. The maximum absolute atomic E-state index is 12.8. The first-order valence-corrected chi connectivity index (χ1v) is 10.7. The van der Waals surface area contributed by atoms with Crippen molar-refractivity contribution in [3.05, 3.63) is 60.9 Å². The molecule has 0 unspecified atom stereocenters. The summed E-state index contributed by atoms with van der Waals surface area (Å²) in [5, 5.41) is 15.3. The Balaban J connectivity index is 1.52. The number of aromatic nitrogens is 4. The lowest BCUT2D eigenvalue weighted by molar-refractivity contribution is 0.596. The summed E-state index contributed by atoms with van der Waals surface area (Å²) in [5.74, 6) is 0. The minimum atomic E-state index is -3.60. The minimum Gasteiger partial charge on any atom is -0.345 e. The van der Waals surface area contributed by atoms with E-state index in [4.69, 9.17) is 0 Å². The molecule has 0 aliphatic rings. The molecule has 0 atom stereocenters. The Morgan fingerprint density at radius 3 is 1.41 bits per heavy atom. The summed E-state index contributed by atoms with van der Waals surface area (Å²) in [6, 6.07) is 13.1. The molecule has 0 bridgehead atoms. The van der Waals surface area contributed by atoms with E-state index in [9.17, 15) is 8.42 Å². The molecule has 0 spiro atoms. The Kier molecular flexibility index (Phi) is 4.79. The molecule has 2 heterocycles. The van der Waals surface area contributed by atoms with Crippen LogP contribution in [0.1, 0.15) is 0 Å². The van der Waals surface area contributed by atoms with Gasteiger partial charge in [0.25, 0.3) is 0 Å². The number of hydrogen-bond acceptors (Lipinski definition) is 10. The van der Waals surface area contributed by atoms with Crippen LogP contribution in [0.2, 0.25) is 0 Å². The van der Waals surface area contributed by atoms with Crippen LogP contribution in [0.25, 0.3) is 0 Å². The third kappa shape index (κ3) is 3.94. The molecule has 2 aromatic carbocycles. The van der Waals surface area contributed by atoms with Gasteiger partial charge in [0.15, 0.2) is 0 Å².